The highest BCUT2D eigenvalue weighted by Gasteiger charge is 2.53. The molecule has 0 heterocycles. The summed E-state index contributed by atoms with van der Waals surface area (Å²) in [5.74, 6) is 0. The smallest absolute Gasteiger partial charge is 0.120 e. The summed E-state index contributed by atoms with van der Waals surface area (Å²) in [5.41, 5.74) is 0. The Balaban J connectivity index is 6.87. The number of rotatable bonds is 14. The zero-order valence-corrected chi connectivity index (χ0v) is 26.3. The predicted octanol–water partition coefficient (Wildman–Crippen LogP) is -18.8. The average Bonchev–Trinajstić information content (AvgIpc) is 2.57. The Hall–Kier alpha value is 2.68. The molecule has 0 saturated carbocycles. The van der Waals surface area contributed by atoms with E-state index in [2.05, 4.69) is 138 Å². The molecule has 0 rings (SSSR count). The second kappa shape index (κ2) is 15.7. The lowest BCUT2D eigenvalue weighted by molar-refractivity contribution is 3.31. The van der Waals surface area contributed by atoms with Gasteiger partial charge in [0.15, 0.2) is 0 Å². The molecule has 0 saturated heterocycles. The van der Waals surface area contributed by atoms with Gasteiger partial charge < -0.3 is 0 Å². The van der Waals surface area contributed by atoms with Crippen LogP contribution in [0.25, 0.3) is 0 Å². The van der Waals surface area contributed by atoms with Crippen molar-refractivity contribution in [3.05, 3.63) is 0 Å². The van der Waals surface area contributed by atoms with Gasteiger partial charge in [-0.1, -0.05) is 0 Å². The summed E-state index contributed by atoms with van der Waals surface area (Å²) in [6.45, 7) is 0. The molecule has 0 bridgehead atoms. The van der Waals surface area contributed by atoms with Gasteiger partial charge in [0, 0.05) is 90.1 Å². The van der Waals surface area contributed by atoms with Crippen molar-refractivity contribution in [2.24, 2.45) is 0 Å². The first kappa shape index (κ1) is 33.7. The largest absolute Gasteiger partial charge is 0.173 e. The van der Waals surface area contributed by atoms with Crippen LogP contribution >= 0.6 is 22.4 Å². The van der Waals surface area contributed by atoms with Gasteiger partial charge in [0.25, 0.3) is 0 Å². The molecule has 128 valence electrons. The molecule has 0 aromatic heterocycles. The number of hydrogen-bond donors (Lipinski definition) is 0. The fourth-order valence-electron chi connectivity index (χ4n) is 7.84. The van der Waals surface area contributed by atoms with E-state index in [1.54, 1.807) is 0 Å². The summed E-state index contributed by atoms with van der Waals surface area (Å²) >= 11 is 2.98. The van der Waals surface area contributed by atoms with E-state index in [0.29, 0.717) is 0 Å². The highest BCUT2D eigenvalue weighted by Crippen LogP contribution is 2.18. The fraction of sp³-hybridized carbons (Fsp3) is 0. The van der Waals surface area contributed by atoms with Gasteiger partial charge in [-0.25, -0.2) is 0 Å². The van der Waals surface area contributed by atoms with Crippen LogP contribution in [-0.4, -0.2) is 210 Å². The van der Waals surface area contributed by atoms with E-state index < -0.39 is 0 Å². The first-order valence-electron chi connectivity index (χ1n) is 13.7. The Kier molecular flexibility index (Phi) is 17.1. The minimum atomic E-state index is 0.726. The topological polar surface area (TPSA) is 0 Å². The quantitative estimate of drug-likeness (QED) is 0.171. The number of hydrogen-bond acceptors (Lipinski definition) is 0. The summed E-state index contributed by atoms with van der Waals surface area (Å²) in [5, 5.41) is 0. The van der Waals surface area contributed by atoms with Crippen molar-refractivity contribution >= 4 is 233 Å². The SMILES string of the molecule is BBB(B(B)B)B(B(I)B(B(B(B)B)B(B)B)B(B(B)B)B(B)B)B(B(B)B)B(B)B. The monoisotopic (exact) mass is 488 g/mol. The molecular weight excluding hydrogens is 451 g/mol. The molecule has 31 heavy (non-hydrogen) atoms. The Bertz CT molecular complexity index is 415. The predicted molar refractivity (Wildman–Crippen MR) is 230 cm³/mol. The molecule has 0 aromatic carbocycles. The molecule has 0 fully saturated rings. The molecule has 0 amide bonds. The molecule has 0 aliphatic carbocycles. The summed E-state index contributed by atoms with van der Waals surface area (Å²) in [6, 6.07) is 0. The Labute approximate surface area is 231 Å². The zero-order valence-electron chi connectivity index (χ0n) is 24.2. The first-order chi connectivity index (χ1) is 14.1. The van der Waals surface area contributed by atoms with Crippen molar-refractivity contribution in [1.29, 1.82) is 0 Å². The standard InChI is InChI=1S/B30H31I/c1-16-24(17(2)3)28(25(18(4)5)19(6)7)30(31)29(26(20(8)9)21(10)11)27(22(12)13)23(14)15/h16H,1-15H2. The molecule has 0 nitrogen and oxygen atoms in total. The zero-order chi connectivity index (χ0) is 24.8. The Morgan fingerprint density at radius 2 is 0.645 bits per heavy atom. The van der Waals surface area contributed by atoms with Crippen molar-refractivity contribution < 1.29 is 0 Å². The second-order valence-electron chi connectivity index (χ2n) is 13.1. The van der Waals surface area contributed by atoms with Crippen LogP contribution in [0.4, 0.5) is 0 Å². The van der Waals surface area contributed by atoms with Gasteiger partial charge in [0.1, 0.15) is 4.35 Å². The highest BCUT2D eigenvalue weighted by molar-refractivity contribution is 14.1. The van der Waals surface area contributed by atoms with E-state index in [0.717, 1.165) is 87.4 Å². The summed E-state index contributed by atoms with van der Waals surface area (Å²) in [4.78, 5) is 0. The van der Waals surface area contributed by atoms with Gasteiger partial charge in [-0.2, -0.15) is 22.4 Å². The maximum atomic E-state index is 2.98. The van der Waals surface area contributed by atoms with E-state index in [1.807, 2.05) is 0 Å². The fourth-order valence-corrected chi connectivity index (χ4v) is 9.81. The summed E-state index contributed by atoms with van der Waals surface area (Å²) in [6.07, 6.45) is 9.89. The van der Waals surface area contributed by atoms with Crippen LogP contribution in [0.2, 0.25) is 0 Å². The molecule has 0 aliphatic rings. The maximum Gasteiger partial charge on any atom is 0.120 e. The molecule has 31 heteroatoms. The van der Waals surface area contributed by atoms with E-state index >= 15 is 0 Å². The van der Waals surface area contributed by atoms with Gasteiger partial charge in [0.05, 0.1) is 116 Å². The maximum absolute atomic E-state index is 2.98. The third kappa shape index (κ3) is 9.57. The van der Waals surface area contributed by atoms with Crippen LogP contribution in [0, 0.1) is 0 Å². The minimum Gasteiger partial charge on any atom is -0.173 e. The van der Waals surface area contributed by atoms with Gasteiger partial charge in [-0.3, -0.25) is 0 Å². The van der Waals surface area contributed by atoms with Gasteiger partial charge in [-0.15, -0.1) is 0 Å². The molecular formula is H31B30I. The van der Waals surface area contributed by atoms with E-state index in [-0.39, 0.29) is 0 Å². The van der Waals surface area contributed by atoms with Crippen LogP contribution in [0.5, 0.6) is 0 Å². The van der Waals surface area contributed by atoms with Crippen molar-refractivity contribution in [3.63, 3.8) is 0 Å². The van der Waals surface area contributed by atoms with Crippen LogP contribution in [0.15, 0.2) is 0 Å². The van der Waals surface area contributed by atoms with E-state index in [1.165, 1.54) is 7.06 Å². The molecule has 0 atom stereocenters. The third-order valence-electron chi connectivity index (χ3n) is 8.51. The van der Waals surface area contributed by atoms with Crippen LogP contribution in [0.1, 0.15) is 0 Å². The first-order valence-corrected chi connectivity index (χ1v) is 15.0. The average molecular weight is 483 g/mol. The minimum absolute atomic E-state index is 0.726. The Morgan fingerprint density at radius 3 is 0.839 bits per heavy atom. The van der Waals surface area contributed by atoms with Crippen LogP contribution in [-0.2, 0) is 0 Å². The third-order valence-corrected chi connectivity index (χ3v) is 10.2. The lowest BCUT2D eigenvalue weighted by atomic mass is 8.37. The van der Waals surface area contributed by atoms with Crippen LogP contribution < -0.4 is 0 Å². The highest BCUT2D eigenvalue weighted by atomic mass is 127. The second-order valence-corrected chi connectivity index (χ2v) is 14.5. The van der Waals surface area contributed by atoms with E-state index in [4.69, 9.17) is 0 Å². The normalized spacial score (nSPS) is 9.45. The molecule has 0 spiro atoms. The molecule has 0 unspecified atom stereocenters. The van der Waals surface area contributed by atoms with Crippen molar-refractivity contribution in [1.82, 2.24) is 0 Å². The molecule has 0 aromatic rings. The van der Waals surface area contributed by atoms with Crippen LogP contribution in [0.3, 0.4) is 0 Å². The Morgan fingerprint density at radius 1 is 0.387 bits per heavy atom. The van der Waals surface area contributed by atoms with Crippen molar-refractivity contribution in [2.45, 2.75) is 0 Å². The molecule has 0 N–H and O–H groups in total. The summed E-state index contributed by atoms with van der Waals surface area (Å²) < 4.78 is 0.726. The van der Waals surface area contributed by atoms with Gasteiger partial charge >= 0.3 is 0 Å². The van der Waals surface area contributed by atoms with Gasteiger partial charge in [0.2, 0.25) is 0 Å². The van der Waals surface area contributed by atoms with Gasteiger partial charge in [-0.05, 0) is 0 Å². The molecule has 0 aliphatic heterocycles. The lowest BCUT2D eigenvalue weighted by Gasteiger charge is -2.45. The number of halogens is 1. The van der Waals surface area contributed by atoms with E-state index in [9.17, 15) is 0 Å². The van der Waals surface area contributed by atoms with Crippen molar-refractivity contribution in [3.8, 4) is 0 Å². The molecule has 0 radical (unpaired) electrons. The van der Waals surface area contributed by atoms with Crippen molar-refractivity contribution in [2.75, 3.05) is 0 Å². The summed E-state index contributed by atoms with van der Waals surface area (Å²) in [7, 11) is 38.7. The lowest BCUT2D eigenvalue weighted by Crippen LogP contribution is -2.85.